The molecule has 1 aromatic carbocycles. The summed E-state index contributed by atoms with van der Waals surface area (Å²) >= 11 is 0. The van der Waals surface area contributed by atoms with Crippen molar-refractivity contribution in [2.24, 2.45) is 5.73 Å². The van der Waals surface area contributed by atoms with Gasteiger partial charge in [-0.1, -0.05) is 0 Å². The van der Waals surface area contributed by atoms with E-state index in [2.05, 4.69) is 51.8 Å². The molecular formula is C15H26N2O. The van der Waals surface area contributed by atoms with Gasteiger partial charge in [0.05, 0.1) is 12.8 Å². The van der Waals surface area contributed by atoms with Crippen LogP contribution >= 0.6 is 0 Å². The third kappa shape index (κ3) is 2.96. The van der Waals surface area contributed by atoms with Crippen molar-refractivity contribution in [3.05, 3.63) is 23.3 Å². The Morgan fingerprint density at radius 1 is 1.22 bits per heavy atom. The van der Waals surface area contributed by atoms with Gasteiger partial charge < -0.3 is 15.4 Å². The van der Waals surface area contributed by atoms with E-state index in [1.165, 1.54) is 11.1 Å². The number of hydrogen-bond acceptors (Lipinski definition) is 3. The number of rotatable bonds is 5. The Kier molecular flexibility index (Phi) is 4.63. The molecule has 102 valence electrons. The molecule has 0 fully saturated rings. The van der Waals surface area contributed by atoms with Crippen molar-refractivity contribution in [3.63, 3.8) is 0 Å². The molecule has 0 heterocycles. The molecular weight excluding hydrogens is 224 g/mol. The zero-order chi connectivity index (χ0) is 13.9. The van der Waals surface area contributed by atoms with Crippen molar-refractivity contribution in [3.8, 4) is 5.75 Å². The molecule has 0 aromatic heterocycles. The number of nitrogens with two attached hydrogens (primary N) is 1. The molecule has 1 rings (SSSR count). The highest BCUT2D eigenvalue weighted by Crippen LogP contribution is 2.35. The lowest BCUT2D eigenvalue weighted by molar-refractivity contribution is 0.403. The Morgan fingerprint density at radius 2 is 1.78 bits per heavy atom. The molecule has 2 N–H and O–H groups in total. The first-order chi connectivity index (χ1) is 8.33. The molecule has 0 aliphatic rings. The van der Waals surface area contributed by atoms with E-state index in [4.69, 9.17) is 10.5 Å². The highest BCUT2D eigenvalue weighted by molar-refractivity contribution is 5.62. The number of hydrogen-bond donors (Lipinski definition) is 1. The maximum Gasteiger partial charge on any atom is 0.142 e. The first kappa shape index (κ1) is 14.8. The summed E-state index contributed by atoms with van der Waals surface area (Å²) in [7, 11) is 3.82. The van der Waals surface area contributed by atoms with Crippen LogP contribution in [-0.4, -0.2) is 26.2 Å². The fourth-order valence-electron chi connectivity index (χ4n) is 2.05. The predicted octanol–water partition coefficient (Wildman–Crippen LogP) is 2.88. The quantitative estimate of drug-likeness (QED) is 0.873. The first-order valence-corrected chi connectivity index (χ1v) is 6.42. The van der Waals surface area contributed by atoms with Gasteiger partial charge in [-0.05, 0) is 63.9 Å². The van der Waals surface area contributed by atoms with Crippen molar-refractivity contribution >= 4 is 5.69 Å². The molecule has 18 heavy (non-hydrogen) atoms. The van der Waals surface area contributed by atoms with E-state index in [0.717, 1.165) is 17.9 Å². The molecule has 0 radical (unpaired) electrons. The van der Waals surface area contributed by atoms with Crippen LogP contribution in [0.15, 0.2) is 12.1 Å². The van der Waals surface area contributed by atoms with E-state index in [1.807, 2.05) is 0 Å². The van der Waals surface area contributed by atoms with Crippen LogP contribution < -0.4 is 15.4 Å². The zero-order valence-electron chi connectivity index (χ0n) is 12.5. The Balaban J connectivity index is 3.19. The monoisotopic (exact) mass is 250 g/mol. The van der Waals surface area contributed by atoms with Gasteiger partial charge in [0.2, 0.25) is 0 Å². The van der Waals surface area contributed by atoms with E-state index in [-0.39, 0.29) is 5.54 Å². The molecule has 0 spiro atoms. The van der Waals surface area contributed by atoms with E-state index >= 15 is 0 Å². The fraction of sp³-hybridized carbons (Fsp3) is 0.600. The number of anilines is 1. The zero-order valence-corrected chi connectivity index (χ0v) is 12.5. The van der Waals surface area contributed by atoms with Crippen LogP contribution in [0, 0.1) is 13.8 Å². The second-order valence-electron chi connectivity index (χ2n) is 5.52. The van der Waals surface area contributed by atoms with Gasteiger partial charge in [0.25, 0.3) is 0 Å². The summed E-state index contributed by atoms with van der Waals surface area (Å²) in [4.78, 5) is 2.26. The summed E-state index contributed by atoms with van der Waals surface area (Å²) in [5, 5.41) is 0. The standard InChI is InChI=1S/C15H26N2O/c1-11-9-13(14(18-6)10-12(11)2)17(5)15(3,4)7-8-16/h9-10H,7-8,16H2,1-6H3. The van der Waals surface area contributed by atoms with Crippen molar-refractivity contribution in [1.82, 2.24) is 0 Å². The fourth-order valence-corrected chi connectivity index (χ4v) is 2.05. The van der Waals surface area contributed by atoms with Crippen LogP contribution in [0.4, 0.5) is 5.69 Å². The van der Waals surface area contributed by atoms with E-state index in [0.29, 0.717) is 6.54 Å². The minimum absolute atomic E-state index is 0.0176. The molecule has 0 aliphatic carbocycles. The maximum atomic E-state index is 5.70. The Bertz CT molecular complexity index is 413. The summed E-state index contributed by atoms with van der Waals surface area (Å²) in [5.41, 5.74) is 9.37. The second-order valence-corrected chi connectivity index (χ2v) is 5.52. The lowest BCUT2D eigenvalue weighted by atomic mass is 9.97. The van der Waals surface area contributed by atoms with Crippen molar-refractivity contribution in [1.29, 1.82) is 0 Å². The number of aryl methyl sites for hydroxylation is 2. The Labute approximate surface area is 111 Å². The molecule has 0 saturated carbocycles. The molecule has 0 saturated heterocycles. The Hall–Kier alpha value is -1.22. The molecule has 3 heteroatoms. The molecule has 0 aliphatic heterocycles. The summed E-state index contributed by atoms with van der Waals surface area (Å²) in [5.74, 6) is 0.922. The normalized spacial score (nSPS) is 11.5. The molecule has 0 amide bonds. The third-order valence-electron chi connectivity index (χ3n) is 3.82. The first-order valence-electron chi connectivity index (χ1n) is 6.42. The lowest BCUT2D eigenvalue weighted by Crippen LogP contribution is -2.43. The van der Waals surface area contributed by atoms with Crippen LogP contribution in [0.1, 0.15) is 31.4 Å². The van der Waals surface area contributed by atoms with Crippen LogP contribution in [0.2, 0.25) is 0 Å². The highest BCUT2D eigenvalue weighted by Gasteiger charge is 2.25. The largest absolute Gasteiger partial charge is 0.495 e. The molecule has 3 nitrogen and oxygen atoms in total. The van der Waals surface area contributed by atoms with E-state index in [9.17, 15) is 0 Å². The minimum Gasteiger partial charge on any atom is -0.495 e. The molecule has 0 unspecified atom stereocenters. The van der Waals surface area contributed by atoms with E-state index < -0.39 is 0 Å². The molecule has 0 atom stereocenters. The number of benzene rings is 1. The van der Waals surface area contributed by atoms with Crippen LogP contribution in [-0.2, 0) is 0 Å². The van der Waals surface area contributed by atoms with Crippen molar-refractivity contribution in [2.45, 2.75) is 39.7 Å². The topological polar surface area (TPSA) is 38.5 Å². The van der Waals surface area contributed by atoms with Crippen molar-refractivity contribution in [2.75, 3.05) is 25.6 Å². The average molecular weight is 250 g/mol. The minimum atomic E-state index is 0.0176. The SMILES string of the molecule is COc1cc(C)c(C)cc1N(C)C(C)(C)CCN. The highest BCUT2D eigenvalue weighted by atomic mass is 16.5. The van der Waals surface area contributed by atoms with Crippen LogP contribution in [0.25, 0.3) is 0 Å². The van der Waals surface area contributed by atoms with Crippen LogP contribution in [0.5, 0.6) is 5.75 Å². The molecule has 1 aromatic rings. The van der Waals surface area contributed by atoms with Gasteiger partial charge in [-0.3, -0.25) is 0 Å². The van der Waals surface area contributed by atoms with Crippen molar-refractivity contribution < 1.29 is 4.74 Å². The van der Waals surface area contributed by atoms with Gasteiger partial charge in [-0.25, -0.2) is 0 Å². The second kappa shape index (κ2) is 5.61. The van der Waals surface area contributed by atoms with Gasteiger partial charge in [0.15, 0.2) is 0 Å². The van der Waals surface area contributed by atoms with Gasteiger partial charge in [-0.15, -0.1) is 0 Å². The summed E-state index contributed by atoms with van der Waals surface area (Å²) in [6.45, 7) is 9.32. The maximum absolute atomic E-state index is 5.70. The number of nitrogens with zero attached hydrogens (tertiary/aromatic N) is 1. The summed E-state index contributed by atoms with van der Waals surface area (Å²) in [6.07, 6.45) is 0.944. The van der Waals surface area contributed by atoms with Gasteiger partial charge in [0.1, 0.15) is 5.75 Å². The van der Waals surface area contributed by atoms with Gasteiger partial charge >= 0.3 is 0 Å². The predicted molar refractivity (Wildman–Crippen MR) is 78.6 cm³/mol. The van der Waals surface area contributed by atoms with Gasteiger partial charge in [-0.2, -0.15) is 0 Å². The summed E-state index contributed by atoms with van der Waals surface area (Å²) < 4.78 is 5.50. The smallest absolute Gasteiger partial charge is 0.142 e. The third-order valence-corrected chi connectivity index (χ3v) is 3.82. The number of ether oxygens (including phenoxy) is 1. The summed E-state index contributed by atoms with van der Waals surface area (Å²) in [6, 6.07) is 4.28. The lowest BCUT2D eigenvalue weighted by Gasteiger charge is -2.38. The molecule has 0 bridgehead atoms. The Morgan fingerprint density at radius 3 is 2.28 bits per heavy atom. The van der Waals surface area contributed by atoms with E-state index in [1.54, 1.807) is 7.11 Å². The average Bonchev–Trinajstić information content (AvgIpc) is 2.31. The number of methoxy groups -OCH3 is 1. The van der Waals surface area contributed by atoms with Gasteiger partial charge in [0, 0.05) is 12.6 Å². The van der Waals surface area contributed by atoms with Crippen LogP contribution in [0.3, 0.4) is 0 Å².